The highest BCUT2D eigenvalue weighted by Crippen LogP contribution is 2.33. The maximum atomic E-state index is 9.49. The van der Waals surface area contributed by atoms with Crippen LogP contribution in [0.1, 0.15) is 45.7 Å². The molecule has 0 saturated carbocycles. The van der Waals surface area contributed by atoms with Crippen molar-refractivity contribution in [1.82, 2.24) is 15.0 Å². The number of nitrogens with zero attached hydrogens (tertiary/aromatic N) is 4. The van der Waals surface area contributed by atoms with Gasteiger partial charge in [-0.05, 0) is 50.3 Å². The summed E-state index contributed by atoms with van der Waals surface area (Å²) in [5.41, 5.74) is 2.56. The first kappa shape index (κ1) is 13.5. The minimum atomic E-state index is -0.454. The van der Waals surface area contributed by atoms with Crippen molar-refractivity contribution in [2.75, 3.05) is 0 Å². The second-order valence-electron chi connectivity index (χ2n) is 4.89. The molecular weight excluding hydrogens is 292 g/mol. The first-order valence-corrected chi connectivity index (χ1v) is 7.76. The molecule has 0 aromatic carbocycles. The predicted molar refractivity (Wildman–Crippen MR) is 78.0 cm³/mol. The van der Waals surface area contributed by atoms with Crippen LogP contribution in [0.3, 0.4) is 0 Å². The smallest absolute Gasteiger partial charge is 0.222 e. The second-order valence-corrected chi connectivity index (χ2v) is 6.35. The zero-order valence-electron chi connectivity index (χ0n) is 11.1. The quantitative estimate of drug-likeness (QED) is 0.797. The number of hydrogen-bond acceptors (Lipinski definition) is 5. The molecule has 1 atom stereocenters. The Morgan fingerprint density at radius 2 is 2.10 bits per heavy atom. The molecule has 0 fully saturated rings. The average Bonchev–Trinajstić information content (AvgIpc) is 2.81. The molecule has 2 aromatic heterocycles. The highest BCUT2D eigenvalue weighted by Gasteiger charge is 2.23. The fourth-order valence-corrected chi connectivity index (χ4v) is 3.89. The molecule has 0 spiro atoms. The summed E-state index contributed by atoms with van der Waals surface area (Å²) in [5, 5.41) is 10.5. The minimum absolute atomic E-state index is 0.182. The van der Waals surface area contributed by atoms with E-state index in [4.69, 9.17) is 11.6 Å². The Labute approximate surface area is 126 Å². The van der Waals surface area contributed by atoms with Crippen LogP contribution in [0, 0.1) is 18.3 Å². The van der Waals surface area contributed by atoms with Gasteiger partial charge in [-0.1, -0.05) is 0 Å². The maximum Gasteiger partial charge on any atom is 0.222 e. The highest BCUT2D eigenvalue weighted by molar-refractivity contribution is 7.11. The molecule has 0 amide bonds. The number of hydrogen-bond donors (Lipinski definition) is 0. The van der Waals surface area contributed by atoms with Crippen LogP contribution in [0.5, 0.6) is 0 Å². The van der Waals surface area contributed by atoms with Crippen molar-refractivity contribution in [3.8, 4) is 6.07 Å². The summed E-state index contributed by atoms with van der Waals surface area (Å²) in [6.45, 7) is 1.85. The zero-order chi connectivity index (χ0) is 14.1. The van der Waals surface area contributed by atoms with Gasteiger partial charge in [-0.25, -0.2) is 15.0 Å². The average molecular weight is 305 g/mol. The van der Waals surface area contributed by atoms with Crippen molar-refractivity contribution in [1.29, 1.82) is 5.26 Å². The Morgan fingerprint density at radius 1 is 1.30 bits per heavy atom. The van der Waals surface area contributed by atoms with Gasteiger partial charge >= 0.3 is 0 Å². The molecule has 0 unspecified atom stereocenters. The molecule has 3 rings (SSSR count). The lowest BCUT2D eigenvalue weighted by Crippen LogP contribution is -2.04. The van der Waals surface area contributed by atoms with Gasteiger partial charge in [0.25, 0.3) is 0 Å². The maximum absolute atomic E-state index is 9.49. The van der Waals surface area contributed by atoms with Gasteiger partial charge in [0.05, 0.1) is 17.5 Å². The number of halogens is 1. The minimum Gasteiger partial charge on any atom is -0.244 e. The van der Waals surface area contributed by atoms with Crippen LogP contribution >= 0.6 is 22.9 Å². The first-order chi connectivity index (χ1) is 9.67. The Kier molecular flexibility index (Phi) is 3.68. The van der Waals surface area contributed by atoms with Gasteiger partial charge in [0, 0.05) is 10.6 Å². The van der Waals surface area contributed by atoms with Crippen LogP contribution in [0.25, 0.3) is 0 Å². The molecule has 2 heterocycles. The number of fused-ring (bicyclic) bond motifs is 1. The third-order valence-corrected chi connectivity index (χ3v) is 4.77. The Bertz CT molecular complexity index is 645. The molecule has 1 aliphatic carbocycles. The number of thiazole rings is 1. The molecule has 2 aromatic rings. The summed E-state index contributed by atoms with van der Waals surface area (Å²) in [5.74, 6) is -0.454. The van der Waals surface area contributed by atoms with E-state index in [2.05, 4.69) is 21.0 Å². The summed E-state index contributed by atoms with van der Waals surface area (Å²) in [6.07, 6.45) is 4.50. The lowest BCUT2D eigenvalue weighted by molar-refractivity contribution is 0.680. The fraction of sp³-hybridized carbons (Fsp3) is 0.429. The molecule has 102 valence electrons. The first-order valence-electron chi connectivity index (χ1n) is 6.56. The van der Waals surface area contributed by atoms with E-state index in [1.165, 1.54) is 17.7 Å². The van der Waals surface area contributed by atoms with Gasteiger partial charge < -0.3 is 0 Å². The summed E-state index contributed by atoms with van der Waals surface area (Å²) < 4.78 is 0. The zero-order valence-corrected chi connectivity index (χ0v) is 12.6. The van der Waals surface area contributed by atoms with Gasteiger partial charge in [-0.3, -0.25) is 0 Å². The lowest BCUT2D eigenvalue weighted by atomic mass is 10.0. The van der Waals surface area contributed by atoms with E-state index >= 15 is 0 Å². The van der Waals surface area contributed by atoms with E-state index in [9.17, 15) is 5.26 Å². The lowest BCUT2D eigenvalue weighted by Gasteiger charge is -2.07. The largest absolute Gasteiger partial charge is 0.244 e. The predicted octanol–water partition coefficient (Wildman–Crippen LogP) is 3.43. The molecule has 0 aliphatic heterocycles. The second kappa shape index (κ2) is 5.47. The Morgan fingerprint density at radius 3 is 2.80 bits per heavy atom. The van der Waals surface area contributed by atoms with Crippen molar-refractivity contribution in [3.63, 3.8) is 0 Å². The van der Waals surface area contributed by atoms with Gasteiger partial charge in [0.15, 0.2) is 0 Å². The molecule has 6 heteroatoms. The van der Waals surface area contributed by atoms with Crippen LogP contribution in [-0.4, -0.2) is 15.0 Å². The fourth-order valence-electron chi connectivity index (χ4n) is 2.45. The molecule has 0 bridgehead atoms. The van der Waals surface area contributed by atoms with E-state index in [0.717, 1.165) is 29.2 Å². The number of aryl methyl sites for hydroxylation is 3. The summed E-state index contributed by atoms with van der Waals surface area (Å²) in [7, 11) is 0. The molecule has 0 N–H and O–H groups in total. The molecule has 1 aliphatic rings. The molecule has 0 saturated heterocycles. The van der Waals surface area contributed by atoms with Crippen LogP contribution in [0.15, 0.2) is 6.07 Å². The van der Waals surface area contributed by atoms with E-state index < -0.39 is 5.92 Å². The normalized spacial score (nSPS) is 15.4. The van der Waals surface area contributed by atoms with E-state index in [0.29, 0.717) is 5.69 Å². The summed E-state index contributed by atoms with van der Waals surface area (Å²) >= 11 is 7.53. The third kappa shape index (κ3) is 2.54. The van der Waals surface area contributed by atoms with E-state index in [1.807, 2.05) is 6.92 Å². The molecule has 0 radical (unpaired) electrons. The molecule has 4 nitrogen and oxygen atoms in total. The standard InChI is InChI=1S/C14H13ClN4S/c1-8-6-11(19-14(15)17-8)9(7-16)13-18-10-4-2-3-5-12(10)20-13/h6,9H,2-5H2,1H3/t9-/m0/s1. The van der Waals surface area contributed by atoms with Gasteiger partial charge in [-0.15, -0.1) is 11.3 Å². The highest BCUT2D eigenvalue weighted by atomic mass is 35.5. The Hall–Kier alpha value is -1.51. The van der Waals surface area contributed by atoms with Gasteiger partial charge in [0.2, 0.25) is 5.28 Å². The van der Waals surface area contributed by atoms with Crippen molar-refractivity contribution in [2.24, 2.45) is 0 Å². The number of aromatic nitrogens is 3. The van der Waals surface area contributed by atoms with Crippen LogP contribution < -0.4 is 0 Å². The van der Waals surface area contributed by atoms with E-state index in [1.54, 1.807) is 17.4 Å². The van der Waals surface area contributed by atoms with Crippen molar-refractivity contribution in [3.05, 3.63) is 38.3 Å². The Balaban J connectivity index is 2.01. The topological polar surface area (TPSA) is 62.5 Å². The summed E-state index contributed by atoms with van der Waals surface area (Å²) in [6, 6.07) is 4.10. The van der Waals surface area contributed by atoms with Crippen LogP contribution in [-0.2, 0) is 12.8 Å². The monoisotopic (exact) mass is 304 g/mol. The molecule has 20 heavy (non-hydrogen) atoms. The van der Waals surface area contributed by atoms with Crippen molar-refractivity contribution >= 4 is 22.9 Å². The van der Waals surface area contributed by atoms with Crippen molar-refractivity contribution < 1.29 is 0 Å². The third-order valence-electron chi connectivity index (χ3n) is 3.38. The van der Waals surface area contributed by atoms with E-state index in [-0.39, 0.29) is 5.28 Å². The van der Waals surface area contributed by atoms with Crippen molar-refractivity contribution in [2.45, 2.75) is 38.5 Å². The number of nitriles is 1. The van der Waals surface area contributed by atoms with Crippen LogP contribution in [0.2, 0.25) is 5.28 Å². The summed E-state index contributed by atoms with van der Waals surface area (Å²) in [4.78, 5) is 14.2. The van der Waals surface area contributed by atoms with Gasteiger partial charge in [-0.2, -0.15) is 5.26 Å². The molecular formula is C14H13ClN4S. The van der Waals surface area contributed by atoms with Crippen LogP contribution in [0.4, 0.5) is 0 Å². The SMILES string of the molecule is Cc1cc([C@H](C#N)c2nc3c(s2)CCCC3)nc(Cl)n1. The van der Waals surface area contributed by atoms with Gasteiger partial charge in [0.1, 0.15) is 10.9 Å². The number of rotatable bonds is 2.